The van der Waals surface area contributed by atoms with Gasteiger partial charge in [0.15, 0.2) is 0 Å². The number of nitrogens with one attached hydrogen (secondary N) is 2. The van der Waals surface area contributed by atoms with Gasteiger partial charge in [-0.25, -0.2) is 0 Å². The van der Waals surface area contributed by atoms with Crippen molar-refractivity contribution in [3.05, 3.63) is 74.9 Å². The SMILES string of the molecule is COc1ccc(C2C(C(=O)NCCNC(=O)c3cc(Br)c(Br)n3C)CCC(=O)N2c2ccc(OC)cc2)cc1. The summed E-state index contributed by atoms with van der Waals surface area (Å²) in [5.74, 6) is 0.385. The molecule has 2 unspecified atom stereocenters. The van der Waals surface area contributed by atoms with Gasteiger partial charge in [0.25, 0.3) is 5.91 Å². The Morgan fingerprint density at radius 2 is 1.54 bits per heavy atom. The van der Waals surface area contributed by atoms with Crippen molar-refractivity contribution in [2.45, 2.75) is 18.9 Å². The topological polar surface area (TPSA) is 102 Å². The molecule has 1 aromatic heterocycles. The molecule has 1 aliphatic heterocycles. The Bertz CT molecular complexity index is 1340. The molecule has 3 amide bonds. The highest BCUT2D eigenvalue weighted by Gasteiger charge is 2.41. The number of anilines is 1. The molecule has 206 valence electrons. The summed E-state index contributed by atoms with van der Waals surface area (Å²) >= 11 is 6.82. The molecule has 0 bridgehead atoms. The Hall–Kier alpha value is -3.31. The van der Waals surface area contributed by atoms with Crippen LogP contribution in [0.1, 0.15) is 34.9 Å². The molecule has 1 saturated heterocycles. The zero-order valence-corrected chi connectivity index (χ0v) is 25.0. The van der Waals surface area contributed by atoms with Crippen molar-refractivity contribution in [3.63, 3.8) is 0 Å². The largest absolute Gasteiger partial charge is 0.497 e. The van der Waals surface area contributed by atoms with Gasteiger partial charge in [-0.15, -0.1) is 0 Å². The van der Waals surface area contributed by atoms with E-state index >= 15 is 0 Å². The predicted octanol–water partition coefficient (Wildman–Crippen LogP) is 4.60. The second kappa shape index (κ2) is 12.7. The molecule has 2 N–H and O–H groups in total. The van der Waals surface area contributed by atoms with Crippen LogP contribution >= 0.6 is 31.9 Å². The minimum Gasteiger partial charge on any atom is -0.497 e. The van der Waals surface area contributed by atoms with Gasteiger partial charge in [-0.3, -0.25) is 14.4 Å². The lowest BCUT2D eigenvalue weighted by Crippen LogP contribution is -2.49. The van der Waals surface area contributed by atoms with Crippen LogP contribution in [-0.4, -0.2) is 49.6 Å². The van der Waals surface area contributed by atoms with Crippen molar-refractivity contribution >= 4 is 55.3 Å². The normalized spacial score (nSPS) is 17.1. The molecule has 4 rings (SSSR count). The maximum absolute atomic E-state index is 13.5. The van der Waals surface area contributed by atoms with E-state index in [0.29, 0.717) is 29.3 Å². The number of hydrogen-bond donors (Lipinski definition) is 2. The first-order chi connectivity index (χ1) is 18.7. The number of carbonyl (C=O) groups is 3. The average Bonchev–Trinajstić information content (AvgIpc) is 3.22. The zero-order chi connectivity index (χ0) is 28.1. The van der Waals surface area contributed by atoms with Crippen LogP contribution < -0.4 is 25.0 Å². The molecule has 1 aliphatic rings. The summed E-state index contributed by atoms with van der Waals surface area (Å²) in [4.78, 5) is 41.0. The van der Waals surface area contributed by atoms with Crippen LogP contribution in [0.4, 0.5) is 5.69 Å². The Morgan fingerprint density at radius 1 is 0.949 bits per heavy atom. The van der Waals surface area contributed by atoms with Crippen LogP contribution in [0.5, 0.6) is 11.5 Å². The van der Waals surface area contributed by atoms with E-state index in [1.807, 2.05) is 36.4 Å². The van der Waals surface area contributed by atoms with Crippen molar-refractivity contribution in [1.82, 2.24) is 15.2 Å². The third-order valence-electron chi connectivity index (χ3n) is 6.80. The summed E-state index contributed by atoms with van der Waals surface area (Å²) in [6, 6.07) is 15.9. The molecule has 2 aromatic carbocycles. The van der Waals surface area contributed by atoms with E-state index < -0.39 is 12.0 Å². The Kier molecular flexibility index (Phi) is 9.34. The van der Waals surface area contributed by atoms with Crippen LogP contribution in [0.25, 0.3) is 0 Å². The van der Waals surface area contributed by atoms with E-state index in [2.05, 4.69) is 42.5 Å². The lowest BCUT2D eigenvalue weighted by atomic mass is 9.83. The summed E-state index contributed by atoms with van der Waals surface area (Å²) in [5, 5.41) is 5.80. The Morgan fingerprint density at radius 3 is 2.10 bits per heavy atom. The van der Waals surface area contributed by atoms with Crippen LogP contribution in [0.3, 0.4) is 0 Å². The summed E-state index contributed by atoms with van der Waals surface area (Å²) < 4.78 is 13.8. The van der Waals surface area contributed by atoms with Crippen molar-refractivity contribution in [2.24, 2.45) is 13.0 Å². The van der Waals surface area contributed by atoms with Gasteiger partial charge in [0.05, 0.1) is 35.3 Å². The fraction of sp³-hybridized carbons (Fsp3) is 0.321. The first kappa shape index (κ1) is 28.7. The van der Waals surface area contributed by atoms with Crippen molar-refractivity contribution in [3.8, 4) is 11.5 Å². The molecule has 0 radical (unpaired) electrons. The third-order valence-corrected chi connectivity index (χ3v) is 8.90. The van der Waals surface area contributed by atoms with Gasteiger partial charge in [-0.2, -0.15) is 0 Å². The number of carbonyl (C=O) groups excluding carboxylic acids is 3. The van der Waals surface area contributed by atoms with Crippen molar-refractivity contribution in [1.29, 1.82) is 0 Å². The minimum absolute atomic E-state index is 0.0582. The molecule has 9 nitrogen and oxygen atoms in total. The Balaban J connectivity index is 1.50. The first-order valence-corrected chi connectivity index (χ1v) is 14.0. The molecule has 0 spiro atoms. The molecule has 2 heterocycles. The summed E-state index contributed by atoms with van der Waals surface area (Å²) in [6.45, 7) is 0.506. The number of amides is 3. The van der Waals surface area contributed by atoms with Crippen molar-refractivity contribution in [2.75, 3.05) is 32.2 Å². The monoisotopic (exact) mass is 660 g/mol. The maximum atomic E-state index is 13.5. The molecule has 11 heteroatoms. The van der Waals surface area contributed by atoms with Crippen LogP contribution in [0, 0.1) is 5.92 Å². The molecule has 1 fully saturated rings. The van der Waals surface area contributed by atoms with E-state index in [1.165, 1.54) is 0 Å². The molecule has 3 aromatic rings. The lowest BCUT2D eigenvalue weighted by molar-refractivity contribution is -0.129. The Labute approximate surface area is 244 Å². The second-order valence-electron chi connectivity index (χ2n) is 9.10. The van der Waals surface area contributed by atoms with Crippen molar-refractivity contribution < 1.29 is 23.9 Å². The van der Waals surface area contributed by atoms with Crippen LogP contribution in [0.15, 0.2) is 63.7 Å². The van der Waals surface area contributed by atoms with Crippen LogP contribution in [-0.2, 0) is 16.6 Å². The number of methoxy groups -OCH3 is 2. The number of benzene rings is 2. The fourth-order valence-electron chi connectivity index (χ4n) is 4.74. The summed E-state index contributed by atoms with van der Waals surface area (Å²) in [7, 11) is 4.96. The highest BCUT2D eigenvalue weighted by atomic mass is 79.9. The maximum Gasteiger partial charge on any atom is 0.268 e. The predicted molar refractivity (Wildman–Crippen MR) is 155 cm³/mol. The molecule has 0 saturated carbocycles. The van der Waals surface area contributed by atoms with Crippen LogP contribution in [0.2, 0.25) is 0 Å². The average molecular weight is 662 g/mol. The highest BCUT2D eigenvalue weighted by Crippen LogP contribution is 2.41. The van der Waals surface area contributed by atoms with Gasteiger partial charge in [-0.05, 0) is 86.3 Å². The number of aromatic nitrogens is 1. The number of halogens is 2. The van der Waals surface area contributed by atoms with Gasteiger partial charge in [-0.1, -0.05) is 12.1 Å². The number of rotatable bonds is 9. The quantitative estimate of drug-likeness (QED) is 0.327. The van der Waals surface area contributed by atoms with Gasteiger partial charge < -0.3 is 29.6 Å². The second-order valence-corrected chi connectivity index (χ2v) is 10.7. The number of hydrogen-bond acceptors (Lipinski definition) is 5. The van der Waals surface area contributed by atoms with E-state index in [0.717, 1.165) is 14.6 Å². The molecular formula is C28H30Br2N4O5. The van der Waals surface area contributed by atoms with E-state index in [-0.39, 0.29) is 37.2 Å². The fourth-order valence-corrected chi connectivity index (χ4v) is 5.53. The zero-order valence-electron chi connectivity index (χ0n) is 21.9. The lowest BCUT2D eigenvalue weighted by Gasteiger charge is -2.41. The number of ether oxygens (including phenoxy) is 2. The first-order valence-electron chi connectivity index (χ1n) is 12.4. The summed E-state index contributed by atoms with van der Waals surface area (Å²) in [6.07, 6.45) is 0.649. The summed E-state index contributed by atoms with van der Waals surface area (Å²) in [5.41, 5.74) is 2.00. The molecule has 2 atom stereocenters. The van der Waals surface area contributed by atoms with Gasteiger partial charge in [0.1, 0.15) is 17.2 Å². The standard InChI is InChI=1S/C28H30Br2N4O5/c1-33-23(16-22(29)26(33)30)28(37)32-15-14-31-27(36)21-12-13-24(35)34(18-6-10-20(39-3)11-7-18)25(21)17-4-8-19(38-2)9-5-17/h4-11,16,21,25H,12-15H2,1-3H3,(H,31,36)(H,32,37). The van der Waals surface area contributed by atoms with E-state index in [4.69, 9.17) is 9.47 Å². The number of piperidine rings is 1. The highest BCUT2D eigenvalue weighted by molar-refractivity contribution is 9.13. The smallest absolute Gasteiger partial charge is 0.268 e. The van der Waals surface area contributed by atoms with Gasteiger partial charge >= 0.3 is 0 Å². The molecular weight excluding hydrogens is 632 g/mol. The molecule has 0 aliphatic carbocycles. The van der Waals surface area contributed by atoms with E-state index in [1.54, 1.807) is 48.9 Å². The minimum atomic E-state index is -0.516. The van der Waals surface area contributed by atoms with E-state index in [9.17, 15) is 14.4 Å². The third kappa shape index (κ3) is 6.30. The van der Waals surface area contributed by atoms with Gasteiger partial charge in [0, 0.05) is 32.2 Å². The number of nitrogens with zero attached hydrogens (tertiary/aromatic N) is 2. The van der Waals surface area contributed by atoms with Gasteiger partial charge in [0.2, 0.25) is 11.8 Å². The molecule has 39 heavy (non-hydrogen) atoms.